The monoisotopic (exact) mass is 343 g/mol. The zero-order valence-electron chi connectivity index (χ0n) is 10.9. The minimum absolute atomic E-state index is 0.210. The van der Waals surface area contributed by atoms with E-state index in [-0.39, 0.29) is 5.76 Å². The van der Waals surface area contributed by atoms with Gasteiger partial charge in [0.15, 0.2) is 0 Å². The number of aryl methyl sites for hydroxylation is 2. The number of thiophene rings is 1. The number of aromatic nitrogens is 1. The van der Waals surface area contributed by atoms with Gasteiger partial charge in [0, 0.05) is 0 Å². The number of carbonyl (C=O) groups excluding carboxylic acids is 1. The van der Waals surface area contributed by atoms with E-state index in [1.54, 1.807) is 6.92 Å². The lowest BCUT2D eigenvalue weighted by Gasteiger charge is -1.98. The van der Waals surface area contributed by atoms with Gasteiger partial charge in [-0.25, -0.2) is 9.78 Å². The lowest BCUT2D eigenvalue weighted by molar-refractivity contribution is 0.0489. The van der Waals surface area contributed by atoms with Gasteiger partial charge in [0.25, 0.3) is 0 Å². The van der Waals surface area contributed by atoms with E-state index in [4.69, 9.17) is 9.15 Å². The molecule has 2 rings (SSSR count). The molecular weight excluding hydrogens is 330 g/mol. The summed E-state index contributed by atoms with van der Waals surface area (Å²) in [6.07, 6.45) is 0.628. The normalized spacial score (nSPS) is 10.7. The molecule has 19 heavy (non-hydrogen) atoms. The van der Waals surface area contributed by atoms with Crippen LogP contribution in [0.15, 0.2) is 14.3 Å². The van der Waals surface area contributed by atoms with Crippen LogP contribution in [0.2, 0.25) is 0 Å². The zero-order chi connectivity index (χ0) is 14.0. The third-order valence-electron chi connectivity index (χ3n) is 2.56. The van der Waals surface area contributed by atoms with E-state index < -0.39 is 5.97 Å². The summed E-state index contributed by atoms with van der Waals surface area (Å²) in [4.78, 5) is 17.1. The number of halogens is 1. The van der Waals surface area contributed by atoms with E-state index in [2.05, 4.69) is 20.9 Å². The van der Waals surface area contributed by atoms with Crippen LogP contribution in [0.4, 0.5) is 0 Å². The van der Waals surface area contributed by atoms with Crippen molar-refractivity contribution in [2.45, 2.75) is 27.2 Å². The SMILES string of the molecule is CCOC(=O)c1oc(-c2cc(C)c(Br)s2)nc1CC. The Kier molecular flexibility index (Phi) is 4.42. The van der Waals surface area contributed by atoms with Gasteiger partial charge in [-0.2, -0.15) is 0 Å². The molecule has 0 spiro atoms. The van der Waals surface area contributed by atoms with Gasteiger partial charge in [-0.15, -0.1) is 11.3 Å². The zero-order valence-corrected chi connectivity index (χ0v) is 13.4. The molecule has 0 aliphatic rings. The number of ether oxygens (including phenoxy) is 1. The summed E-state index contributed by atoms with van der Waals surface area (Å²) >= 11 is 5.00. The lowest BCUT2D eigenvalue weighted by atomic mass is 10.3. The maximum Gasteiger partial charge on any atom is 0.376 e. The standard InChI is InChI=1S/C13H14BrNO3S/c1-4-8-10(13(16)17-5-2)18-12(15-8)9-6-7(3)11(14)19-9/h6H,4-5H2,1-3H3. The van der Waals surface area contributed by atoms with E-state index >= 15 is 0 Å². The maximum absolute atomic E-state index is 11.8. The van der Waals surface area contributed by atoms with Crippen molar-refractivity contribution in [1.82, 2.24) is 4.98 Å². The molecule has 2 heterocycles. The summed E-state index contributed by atoms with van der Waals surface area (Å²) < 4.78 is 11.6. The predicted molar refractivity (Wildman–Crippen MR) is 77.6 cm³/mol. The second-order valence-corrected chi connectivity index (χ2v) is 6.31. The van der Waals surface area contributed by atoms with E-state index in [1.807, 2.05) is 19.9 Å². The summed E-state index contributed by atoms with van der Waals surface area (Å²) in [5, 5.41) is 0. The van der Waals surface area contributed by atoms with E-state index in [0.717, 1.165) is 14.2 Å². The van der Waals surface area contributed by atoms with E-state index in [1.165, 1.54) is 11.3 Å². The van der Waals surface area contributed by atoms with Gasteiger partial charge in [0.05, 0.1) is 21.0 Å². The van der Waals surface area contributed by atoms with Crippen molar-refractivity contribution in [1.29, 1.82) is 0 Å². The van der Waals surface area contributed by atoms with Crippen molar-refractivity contribution in [3.05, 3.63) is 26.9 Å². The Morgan fingerprint density at radius 3 is 2.79 bits per heavy atom. The molecule has 6 heteroatoms. The number of rotatable bonds is 4. The first-order chi connectivity index (χ1) is 9.06. The van der Waals surface area contributed by atoms with Gasteiger partial charge in [-0.1, -0.05) is 6.92 Å². The molecular formula is C13H14BrNO3S. The van der Waals surface area contributed by atoms with Gasteiger partial charge in [0.2, 0.25) is 11.7 Å². The van der Waals surface area contributed by atoms with Crippen molar-refractivity contribution in [3.8, 4) is 10.8 Å². The maximum atomic E-state index is 11.8. The first-order valence-electron chi connectivity index (χ1n) is 5.99. The Labute approximate surface area is 123 Å². The van der Waals surface area contributed by atoms with Gasteiger partial charge in [-0.3, -0.25) is 0 Å². The Bertz CT molecular complexity index is 584. The summed E-state index contributed by atoms with van der Waals surface area (Å²) in [6.45, 7) is 6.02. The first-order valence-corrected chi connectivity index (χ1v) is 7.60. The van der Waals surface area contributed by atoms with Crippen LogP contribution in [-0.2, 0) is 11.2 Å². The summed E-state index contributed by atoms with van der Waals surface area (Å²) in [5.74, 6) is 0.227. The highest BCUT2D eigenvalue weighted by Crippen LogP contribution is 2.35. The van der Waals surface area contributed by atoms with Crippen LogP contribution in [0.25, 0.3) is 10.8 Å². The van der Waals surface area contributed by atoms with Crippen molar-refractivity contribution < 1.29 is 13.9 Å². The molecule has 0 saturated carbocycles. The highest BCUT2D eigenvalue weighted by Gasteiger charge is 2.22. The first kappa shape index (κ1) is 14.3. The van der Waals surface area contributed by atoms with Gasteiger partial charge < -0.3 is 9.15 Å². The van der Waals surface area contributed by atoms with Crippen molar-refractivity contribution >= 4 is 33.2 Å². The highest BCUT2D eigenvalue weighted by atomic mass is 79.9. The fourth-order valence-electron chi connectivity index (χ4n) is 1.62. The van der Waals surface area contributed by atoms with E-state index in [9.17, 15) is 4.79 Å². The Morgan fingerprint density at radius 2 is 2.26 bits per heavy atom. The van der Waals surface area contributed by atoms with Gasteiger partial charge in [0.1, 0.15) is 0 Å². The van der Waals surface area contributed by atoms with Crippen molar-refractivity contribution in [2.24, 2.45) is 0 Å². The molecule has 0 aliphatic carbocycles. The van der Waals surface area contributed by atoms with Crippen LogP contribution < -0.4 is 0 Å². The Hall–Kier alpha value is -1.14. The number of carbonyl (C=O) groups is 1. The number of hydrogen-bond donors (Lipinski definition) is 0. The van der Waals surface area contributed by atoms with Gasteiger partial charge in [-0.05, 0) is 47.8 Å². The van der Waals surface area contributed by atoms with Gasteiger partial charge >= 0.3 is 5.97 Å². The molecule has 0 aromatic carbocycles. The third-order valence-corrected chi connectivity index (χ3v) is 4.69. The molecule has 102 valence electrons. The van der Waals surface area contributed by atoms with Crippen LogP contribution in [0, 0.1) is 6.92 Å². The average Bonchev–Trinajstić information content (AvgIpc) is 2.94. The number of hydrogen-bond acceptors (Lipinski definition) is 5. The molecule has 0 radical (unpaired) electrons. The third kappa shape index (κ3) is 2.90. The quantitative estimate of drug-likeness (QED) is 0.780. The van der Waals surface area contributed by atoms with E-state index in [0.29, 0.717) is 24.6 Å². The van der Waals surface area contributed by atoms with Crippen LogP contribution in [0.5, 0.6) is 0 Å². The molecule has 0 N–H and O–H groups in total. The average molecular weight is 344 g/mol. The predicted octanol–water partition coefficient (Wildman–Crippen LogP) is 4.21. The molecule has 0 unspecified atom stereocenters. The molecule has 0 saturated heterocycles. The fraction of sp³-hybridized carbons (Fsp3) is 0.385. The number of esters is 1. The minimum atomic E-state index is -0.453. The molecule has 0 atom stereocenters. The topological polar surface area (TPSA) is 52.3 Å². The summed E-state index contributed by atoms with van der Waals surface area (Å²) in [7, 11) is 0. The molecule has 4 nitrogen and oxygen atoms in total. The molecule has 0 bridgehead atoms. The largest absolute Gasteiger partial charge is 0.460 e. The molecule has 0 fully saturated rings. The van der Waals surface area contributed by atoms with Crippen LogP contribution >= 0.6 is 27.3 Å². The highest BCUT2D eigenvalue weighted by molar-refractivity contribution is 9.11. The van der Waals surface area contributed by atoms with Crippen molar-refractivity contribution in [2.75, 3.05) is 6.61 Å². The smallest absolute Gasteiger partial charge is 0.376 e. The number of oxazole rings is 1. The van der Waals surface area contributed by atoms with Crippen LogP contribution in [0.3, 0.4) is 0 Å². The van der Waals surface area contributed by atoms with Crippen molar-refractivity contribution in [3.63, 3.8) is 0 Å². The summed E-state index contributed by atoms with van der Waals surface area (Å²) in [5.41, 5.74) is 1.75. The lowest BCUT2D eigenvalue weighted by Crippen LogP contribution is -2.05. The molecule has 2 aromatic heterocycles. The Morgan fingerprint density at radius 1 is 1.53 bits per heavy atom. The second kappa shape index (κ2) is 5.88. The fourth-order valence-corrected chi connectivity index (χ4v) is 3.08. The Balaban J connectivity index is 2.40. The number of nitrogens with zero attached hydrogens (tertiary/aromatic N) is 1. The van der Waals surface area contributed by atoms with Crippen LogP contribution in [-0.4, -0.2) is 17.6 Å². The molecule has 0 aliphatic heterocycles. The second-order valence-electron chi connectivity index (χ2n) is 3.94. The van der Waals surface area contributed by atoms with Crippen LogP contribution in [0.1, 0.15) is 35.7 Å². The molecule has 2 aromatic rings. The summed E-state index contributed by atoms with van der Waals surface area (Å²) in [6, 6.07) is 1.98. The minimum Gasteiger partial charge on any atom is -0.460 e. The molecule has 0 amide bonds.